The minimum atomic E-state index is -0.735. The molecular weight excluding hydrogens is 330 g/mol. The van der Waals surface area contributed by atoms with Gasteiger partial charge < -0.3 is 20.6 Å². The van der Waals surface area contributed by atoms with Gasteiger partial charge in [0.15, 0.2) is 0 Å². The van der Waals surface area contributed by atoms with Crippen molar-refractivity contribution in [3.8, 4) is 0 Å². The second-order valence-electron chi connectivity index (χ2n) is 7.50. The summed E-state index contributed by atoms with van der Waals surface area (Å²) >= 11 is 0. The van der Waals surface area contributed by atoms with E-state index in [4.69, 9.17) is 10.8 Å². The first kappa shape index (κ1) is 18.7. The number of anilines is 1. The molecule has 26 heavy (non-hydrogen) atoms. The van der Waals surface area contributed by atoms with E-state index in [0.29, 0.717) is 19.6 Å². The lowest BCUT2D eigenvalue weighted by molar-refractivity contribution is -0.139. The van der Waals surface area contributed by atoms with Crippen LogP contribution in [0.15, 0.2) is 24.3 Å². The summed E-state index contributed by atoms with van der Waals surface area (Å²) in [5.41, 5.74) is 7.97. The molecule has 0 bridgehead atoms. The van der Waals surface area contributed by atoms with E-state index < -0.39 is 5.97 Å². The summed E-state index contributed by atoms with van der Waals surface area (Å²) in [6.07, 6.45) is 3.61. The molecule has 1 amide bonds. The van der Waals surface area contributed by atoms with Crippen LogP contribution in [0.5, 0.6) is 0 Å². The van der Waals surface area contributed by atoms with E-state index in [0.717, 1.165) is 44.3 Å². The van der Waals surface area contributed by atoms with Gasteiger partial charge in [-0.25, -0.2) is 0 Å². The Kier molecular flexibility index (Phi) is 6.14. The first-order chi connectivity index (χ1) is 12.6. The summed E-state index contributed by atoms with van der Waals surface area (Å²) in [4.78, 5) is 27.9. The molecule has 1 aromatic rings. The van der Waals surface area contributed by atoms with E-state index in [2.05, 4.69) is 29.2 Å². The van der Waals surface area contributed by atoms with Gasteiger partial charge in [0.25, 0.3) is 0 Å². The smallest absolute Gasteiger partial charge is 0.303 e. The van der Waals surface area contributed by atoms with Crippen molar-refractivity contribution in [3.05, 3.63) is 29.8 Å². The van der Waals surface area contributed by atoms with Crippen LogP contribution in [0.1, 0.15) is 37.7 Å². The number of amides is 1. The highest BCUT2D eigenvalue weighted by Gasteiger charge is 2.31. The number of hydrogen-bond acceptors (Lipinski definition) is 4. The van der Waals surface area contributed by atoms with Gasteiger partial charge in [-0.1, -0.05) is 12.1 Å². The summed E-state index contributed by atoms with van der Waals surface area (Å²) in [6.45, 7) is 3.76. The van der Waals surface area contributed by atoms with Crippen LogP contribution in [0, 0.1) is 11.8 Å². The third kappa shape index (κ3) is 4.55. The third-order valence-electron chi connectivity index (χ3n) is 5.77. The number of benzene rings is 1. The average Bonchev–Trinajstić information content (AvgIpc) is 2.68. The van der Waals surface area contributed by atoms with Gasteiger partial charge in [0, 0.05) is 50.7 Å². The number of carboxylic acids is 1. The highest BCUT2D eigenvalue weighted by atomic mass is 16.4. The molecule has 3 N–H and O–H groups in total. The Morgan fingerprint density at radius 2 is 1.62 bits per heavy atom. The molecule has 0 aliphatic carbocycles. The van der Waals surface area contributed by atoms with Crippen LogP contribution in [0.4, 0.5) is 5.69 Å². The third-order valence-corrected chi connectivity index (χ3v) is 5.77. The molecule has 0 unspecified atom stereocenters. The Morgan fingerprint density at radius 3 is 2.15 bits per heavy atom. The normalized spacial score (nSPS) is 19.6. The molecule has 0 atom stereocenters. The Hall–Kier alpha value is -2.08. The maximum atomic E-state index is 12.8. The standard InChI is InChI=1S/C20H29N3O3/c21-14-16-1-3-18(4-2-16)22-11-7-17(8-12-22)20(26)23-9-5-15(6-10-23)13-19(24)25/h1-4,15,17H,5-14,21H2,(H,24,25). The van der Waals surface area contributed by atoms with Crippen LogP contribution in [0.25, 0.3) is 0 Å². The molecule has 1 aromatic carbocycles. The van der Waals surface area contributed by atoms with Crippen LogP contribution in [-0.2, 0) is 16.1 Å². The number of hydrogen-bond donors (Lipinski definition) is 2. The second kappa shape index (κ2) is 8.54. The summed E-state index contributed by atoms with van der Waals surface area (Å²) in [7, 11) is 0. The van der Waals surface area contributed by atoms with Crippen LogP contribution >= 0.6 is 0 Å². The van der Waals surface area contributed by atoms with Crippen LogP contribution in [-0.4, -0.2) is 48.1 Å². The molecule has 6 heteroatoms. The highest BCUT2D eigenvalue weighted by molar-refractivity contribution is 5.79. The van der Waals surface area contributed by atoms with Crippen LogP contribution < -0.4 is 10.6 Å². The zero-order valence-corrected chi connectivity index (χ0v) is 15.3. The predicted octanol–water partition coefficient (Wildman–Crippen LogP) is 2.07. The van der Waals surface area contributed by atoms with Crippen molar-refractivity contribution < 1.29 is 14.7 Å². The fraction of sp³-hybridized carbons (Fsp3) is 0.600. The first-order valence-corrected chi connectivity index (χ1v) is 9.61. The van der Waals surface area contributed by atoms with Gasteiger partial charge in [-0.3, -0.25) is 9.59 Å². The van der Waals surface area contributed by atoms with E-state index in [-0.39, 0.29) is 24.2 Å². The molecule has 2 aliphatic rings. The molecule has 2 aliphatic heterocycles. The first-order valence-electron chi connectivity index (χ1n) is 9.61. The molecule has 3 rings (SSSR count). The quantitative estimate of drug-likeness (QED) is 0.840. The number of rotatable bonds is 5. The van der Waals surface area contributed by atoms with Gasteiger partial charge in [-0.05, 0) is 49.3 Å². The molecule has 2 saturated heterocycles. The van der Waals surface area contributed by atoms with Crippen molar-refractivity contribution in [1.82, 2.24) is 4.90 Å². The van der Waals surface area contributed by atoms with E-state index in [1.54, 1.807) is 0 Å². The number of carbonyl (C=O) groups is 2. The zero-order chi connectivity index (χ0) is 18.5. The monoisotopic (exact) mass is 359 g/mol. The van der Waals surface area contributed by atoms with Gasteiger partial charge in [0.2, 0.25) is 5.91 Å². The second-order valence-corrected chi connectivity index (χ2v) is 7.50. The molecule has 6 nitrogen and oxygen atoms in total. The SMILES string of the molecule is NCc1ccc(N2CCC(C(=O)N3CCC(CC(=O)O)CC3)CC2)cc1. The van der Waals surface area contributed by atoms with Gasteiger partial charge >= 0.3 is 5.97 Å². The molecule has 142 valence electrons. The minimum absolute atomic E-state index is 0.102. The van der Waals surface area contributed by atoms with Crippen molar-refractivity contribution >= 4 is 17.6 Å². The molecule has 0 aromatic heterocycles. The van der Waals surface area contributed by atoms with E-state index in [1.165, 1.54) is 5.69 Å². The van der Waals surface area contributed by atoms with Gasteiger partial charge in [-0.2, -0.15) is 0 Å². The van der Waals surface area contributed by atoms with Gasteiger partial charge in [0.1, 0.15) is 0 Å². The molecular formula is C20H29N3O3. The fourth-order valence-corrected chi connectivity index (χ4v) is 4.09. The number of carboxylic acid groups (broad SMARTS) is 1. The van der Waals surface area contributed by atoms with Crippen molar-refractivity contribution in [2.75, 3.05) is 31.1 Å². The fourth-order valence-electron chi connectivity index (χ4n) is 4.09. The van der Waals surface area contributed by atoms with E-state index in [9.17, 15) is 9.59 Å². The Morgan fingerprint density at radius 1 is 1.00 bits per heavy atom. The summed E-state index contributed by atoms with van der Waals surface area (Å²) in [6, 6.07) is 8.34. The Balaban J connectivity index is 1.47. The number of piperidine rings is 2. The molecule has 2 fully saturated rings. The van der Waals surface area contributed by atoms with E-state index in [1.807, 2.05) is 4.90 Å². The Bertz CT molecular complexity index is 616. The number of likely N-dealkylation sites (tertiary alicyclic amines) is 1. The number of nitrogens with zero attached hydrogens (tertiary/aromatic N) is 2. The van der Waals surface area contributed by atoms with Crippen molar-refractivity contribution in [2.24, 2.45) is 17.6 Å². The summed E-state index contributed by atoms with van der Waals surface area (Å²) in [5.74, 6) is -0.154. The molecule has 2 heterocycles. The van der Waals surface area contributed by atoms with Crippen LogP contribution in [0.2, 0.25) is 0 Å². The molecule has 0 spiro atoms. The molecule has 0 saturated carbocycles. The van der Waals surface area contributed by atoms with E-state index >= 15 is 0 Å². The number of aliphatic carboxylic acids is 1. The van der Waals surface area contributed by atoms with Gasteiger partial charge in [-0.15, -0.1) is 0 Å². The zero-order valence-electron chi connectivity index (χ0n) is 15.3. The Labute approximate surface area is 155 Å². The highest BCUT2D eigenvalue weighted by Crippen LogP contribution is 2.27. The maximum Gasteiger partial charge on any atom is 0.303 e. The molecule has 0 radical (unpaired) electrons. The largest absolute Gasteiger partial charge is 0.481 e. The topological polar surface area (TPSA) is 86.9 Å². The maximum absolute atomic E-state index is 12.8. The van der Waals surface area contributed by atoms with Crippen LogP contribution in [0.3, 0.4) is 0 Å². The summed E-state index contributed by atoms with van der Waals surface area (Å²) < 4.78 is 0. The lowest BCUT2D eigenvalue weighted by Gasteiger charge is -2.37. The van der Waals surface area contributed by atoms with Crippen molar-refractivity contribution in [1.29, 1.82) is 0 Å². The van der Waals surface area contributed by atoms with Crippen molar-refractivity contribution in [3.63, 3.8) is 0 Å². The minimum Gasteiger partial charge on any atom is -0.481 e. The van der Waals surface area contributed by atoms with Crippen molar-refractivity contribution in [2.45, 2.75) is 38.6 Å². The predicted molar refractivity (Wildman–Crippen MR) is 101 cm³/mol. The average molecular weight is 359 g/mol. The lowest BCUT2D eigenvalue weighted by Crippen LogP contribution is -2.45. The lowest BCUT2D eigenvalue weighted by atomic mass is 9.90. The summed E-state index contributed by atoms with van der Waals surface area (Å²) in [5, 5.41) is 8.90. The van der Waals surface area contributed by atoms with Gasteiger partial charge in [0.05, 0.1) is 0 Å². The number of carbonyl (C=O) groups excluding carboxylic acids is 1. The number of nitrogens with two attached hydrogens (primary N) is 1.